The number of nitro benzene ring substituents is 1. The average Bonchev–Trinajstić information content (AvgIpc) is 2.81. The van der Waals surface area contributed by atoms with Crippen LogP contribution in [0.4, 0.5) is 5.69 Å². The summed E-state index contributed by atoms with van der Waals surface area (Å²) in [5.41, 5.74) is 7.16. The molecule has 0 aliphatic heterocycles. The summed E-state index contributed by atoms with van der Waals surface area (Å²) in [6.07, 6.45) is 0. The number of nitro groups is 1. The molecule has 1 heterocycles. The van der Waals surface area contributed by atoms with Crippen LogP contribution in [0.3, 0.4) is 0 Å². The van der Waals surface area contributed by atoms with Gasteiger partial charge in [-0.1, -0.05) is 0 Å². The van der Waals surface area contributed by atoms with Crippen molar-refractivity contribution in [2.75, 3.05) is 0 Å². The summed E-state index contributed by atoms with van der Waals surface area (Å²) >= 11 is 0. The third-order valence-electron chi connectivity index (χ3n) is 3.12. The van der Waals surface area contributed by atoms with Crippen LogP contribution in [0, 0.1) is 17.0 Å². The Kier molecular flexibility index (Phi) is 3.80. The third kappa shape index (κ3) is 2.39. The second-order valence-corrected chi connectivity index (χ2v) is 4.87. The van der Waals surface area contributed by atoms with Crippen molar-refractivity contribution in [2.24, 2.45) is 5.73 Å². The van der Waals surface area contributed by atoms with Gasteiger partial charge in [0.1, 0.15) is 5.82 Å². The molecule has 0 aliphatic rings. The fraction of sp³-hybridized carbons (Fsp3) is 0.385. The molecule has 1 aromatic carbocycles. The molecule has 0 aliphatic carbocycles. The molecule has 0 bridgehead atoms. The van der Waals surface area contributed by atoms with E-state index in [1.165, 1.54) is 6.07 Å². The fourth-order valence-corrected chi connectivity index (χ4v) is 2.20. The molecule has 0 atom stereocenters. The van der Waals surface area contributed by atoms with Gasteiger partial charge in [-0.25, -0.2) is 0 Å². The predicted molar refractivity (Wildman–Crippen MR) is 75.1 cm³/mol. The Morgan fingerprint density at radius 2 is 2.10 bits per heavy atom. The van der Waals surface area contributed by atoms with Gasteiger partial charge < -0.3 is 10.3 Å². The molecule has 20 heavy (non-hydrogen) atoms. The van der Waals surface area contributed by atoms with Crippen LogP contribution in [0.1, 0.15) is 31.3 Å². The average molecular weight is 275 g/mol. The highest BCUT2D eigenvalue weighted by Crippen LogP contribution is 2.27. The molecule has 106 valence electrons. The molecule has 7 heteroatoms. The van der Waals surface area contributed by atoms with Gasteiger partial charge in [-0.3, -0.25) is 10.1 Å². The normalized spacial score (nSPS) is 11.1. The van der Waals surface area contributed by atoms with Crippen LogP contribution in [0.2, 0.25) is 0 Å². The van der Waals surface area contributed by atoms with Gasteiger partial charge in [-0.15, -0.1) is 10.2 Å². The lowest BCUT2D eigenvalue weighted by atomic mass is 10.1. The molecule has 2 N–H and O–H groups in total. The quantitative estimate of drug-likeness (QED) is 0.681. The molecule has 7 nitrogen and oxygen atoms in total. The van der Waals surface area contributed by atoms with Crippen LogP contribution in [0.15, 0.2) is 18.2 Å². The van der Waals surface area contributed by atoms with E-state index in [1.54, 1.807) is 19.1 Å². The first kappa shape index (κ1) is 14.1. The molecule has 1 aromatic heterocycles. The Bertz CT molecular complexity index is 648. The summed E-state index contributed by atoms with van der Waals surface area (Å²) in [5, 5.41) is 19.1. The number of hydrogen-bond acceptors (Lipinski definition) is 5. The maximum Gasteiger partial charge on any atom is 0.272 e. The van der Waals surface area contributed by atoms with Gasteiger partial charge in [0.25, 0.3) is 5.69 Å². The highest BCUT2D eigenvalue weighted by atomic mass is 16.6. The third-order valence-corrected chi connectivity index (χ3v) is 3.12. The Labute approximate surface area is 116 Å². The maximum atomic E-state index is 10.9. The minimum Gasteiger partial charge on any atom is -0.324 e. The maximum absolute atomic E-state index is 10.9. The summed E-state index contributed by atoms with van der Waals surface area (Å²) in [7, 11) is 0. The van der Waals surface area contributed by atoms with Crippen LogP contribution in [-0.2, 0) is 6.54 Å². The first-order valence-electron chi connectivity index (χ1n) is 6.35. The fourth-order valence-electron chi connectivity index (χ4n) is 2.20. The smallest absolute Gasteiger partial charge is 0.272 e. The van der Waals surface area contributed by atoms with Crippen molar-refractivity contribution in [3.8, 4) is 11.4 Å². The molecule has 0 amide bonds. The minimum absolute atomic E-state index is 0.100. The minimum atomic E-state index is -0.391. The van der Waals surface area contributed by atoms with Crippen LogP contribution in [0.25, 0.3) is 11.4 Å². The van der Waals surface area contributed by atoms with Crippen molar-refractivity contribution in [1.29, 1.82) is 0 Å². The molecular formula is C13H17N5O2. The van der Waals surface area contributed by atoms with Gasteiger partial charge >= 0.3 is 0 Å². The highest BCUT2D eigenvalue weighted by Gasteiger charge is 2.17. The van der Waals surface area contributed by atoms with Crippen molar-refractivity contribution in [3.05, 3.63) is 39.7 Å². The summed E-state index contributed by atoms with van der Waals surface area (Å²) in [6.45, 7) is 6.05. The van der Waals surface area contributed by atoms with E-state index in [0.29, 0.717) is 23.8 Å². The van der Waals surface area contributed by atoms with E-state index in [2.05, 4.69) is 10.2 Å². The zero-order chi connectivity index (χ0) is 14.9. The van der Waals surface area contributed by atoms with E-state index in [4.69, 9.17) is 5.73 Å². The molecule has 0 saturated heterocycles. The number of hydrogen-bond donors (Lipinski definition) is 1. The number of rotatable bonds is 4. The molecule has 2 aromatic rings. The molecular weight excluding hydrogens is 258 g/mol. The number of nitrogens with two attached hydrogens (primary N) is 1. The topological polar surface area (TPSA) is 99.9 Å². The zero-order valence-corrected chi connectivity index (χ0v) is 11.7. The van der Waals surface area contributed by atoms with Gasteiger partial charge in [0.15, 0.2) is 5.82 Å². The van der Waals surface area contributed by atoms with E-state index in [9.17, 15) is 10.1 Å². The number of aromatic nitrogens is 3. The first-order valence-corrected chi connectivity index (χ1v) is 6.35. The summed E-state index contributed by atoms with van der Waals surface area (Å²) in [6, 6.07) is 5.09. The van der Waals surface area contributed by atoms with E-state index in [1.807, 2.05) is 18.4 Å². The predicted octanol–water partition coefficient (Wildman–Crippen LogP) is 2.20. The lowest BCUT2D eigenvalue weighted by molar-refractivity contribution is -0.385. The molecule has 0 radical (unpaired) electrons. The van der Waals surface area contributed by atoms with Crippen molar-refractivity contribution < 1.29 is 4.92 Å². The standard InChI is InChI=1S/C13H17N5O2/c1-8(2)17-12(7-14)15-16-13(17)10-4-5-11(18(19)20)9(3)6-10/h4-6,8H,7,14H2,1-3H3. The first-order chi connectivity index (χ1) is 9.45. The molecule has 0 fully saturated rings. The number of aryl methyl sites for hydroxylation is 1. The van der Waals surface area contributed by atoms with E-state index in [-0.39, 0.29) is 11.7 Å². The van der Waals surface area contributed by atoms with Gasteiger partial charge in [0, 0.05) is 23.2 Å². The monoisotopic (exact) mass is 275 g/mol. The summed E-state index contributed by atoms with van der Waals surface area (Å²) in [5.74, 6) is 1.38. The van der Waals surface area contributed by atoms with Gasteiger partial charge in [0.2, 0.25) is 0 Å². The number of benzene rings is 1. The van der Waals surface area contributed by atoms with Crippen molar-refractivity contribution in [2.45, 2.75) is 33.4 Å². The van der Waals surface area contributed by atoms with Crippen molar-refractivity contribution in [3.63, 3.8) is 0 Å². The SMILES string of the molecule is Cc1cc(-c2nnc(CN)n2C(C)C)ccc1[N+](=O)[O-]. The van der Waals surface area contributed by atoms with Gasteiger partial charge in [-0.05, 0) is 32.9 Å². The molecule has 0 unspecified atom stereocenters. The second-order valence-electron chi connectivity index (χ2n) is 4.87. The van der Waals surface area contributed by atoms with Crippen molar-refractivity contribution >= 4 is 5.69 Å². The van der Waals surface area contributed by atoms with Crippen LogP contribution in [-0.4, -0.2) is 19.7 Å². The van der Waals surface area contributed by atoms with Crippen LogP contribution in [0.5, 0.6) is 0 Å². The lowest BCUT2D eigenvalue weighted by Gasteiger charge is -2.13. The Hall–Kier alpha value is -2.28. The number of nitrogens with zero attached hydrogens (tertiary/aromatic N) is 4. The largest absolute Gasteiger partial charge is 0.324 e. The van der Waals surface area contributed by atoms with E-state index in [0.717, 1.165) is 5.56 Å². The van der Waals surface area contributed by atoms with Crippen LogP contribution >= 0.6 is 0 Å². The highest BCUT2D eigenvalue weighted by molar-refractivity contribution is 5.60. The molecule has 0 spiro atoms. The van der Waals surface area contributed by atoms with Crippen molar-refractivity contribution in [1.82, 2.24) is 14.8 Å². The lowest BCUT2D eigenvalue weighted by Crippen LogP contribution is -2.11. The summed E-state index contributed by atoms with van der Waals surface area (Å²) < 4.78 is 1.95. The van der Waals surface area contributed by atoms with Gasteiger partial charge in [-0.2, -0.15) is 0 Å². The van der Waals surface area contributed by atoms with E-state index >= 15 is 0 Å². The Balaban J connectivity index is 2.55. The Morgan fingerprint density at radius 3 is 2.60 bits per heavy atom. The molecule has 2 rings (SSSR count). The second kappa shape index (κ2) is 5.38. The van der Waals surface area contributed by atoms with Gasteiger partial charge in [0.05, 0.1) is 11.5 Å². The Morgan fingerprint density at radius 1 is 1.40 bits per heavy atom. The molecule has 0 saturated carbocycles. The zero-order valence-electron chi connectivity index (χ0n) is 11.7. The van der Waals surface area contributed by atoms with E-state index < -0.39 is 4.92 Å². The van der Waals surface area contributed by atoms with Crippen LogP contribution < -0.4 is 5.73 Å². The summed E-state index contributed by atoms with van der Waals surface area (Å²) in [4.78, 5) is 10.5.